The minimum absolute atomic E-state index is 0.124. The number of rotatable bonds is 9. The van der Waals surface area contributed by atoms with Crippen LogP contribution >= 0.6 is 0 Å². The number of hydrogen-bond donors (Lipinski definition) is 3. The number of aromatic nitrogens is 3. The molecule has 27 heavy (non-hydrogen) atoms. The summed E-state index contributed by atoms with van der Waals surface area (Å²) in [7, 11) is -3.29. The van der Waals surface area contributed by atoms with Gasteiger partial charge in [-0.05, 0) is 19.8 Å². The van der Waals surface area contributed by atoms with Gasteiger partial charge in [0.15, 0.2) is 5.65 Å². The summed E-state index contributed by atoms with van der Waals surface area (Å²) in [6, 6.07) is 0.138. The van der Waals surface area contributed by atoms with Gasteiger partial charge in [-0.3, -0.25) is 4.79 Å². The van der Waals surface area contributed by atoms with Gasteiger partial charge in [0.25, 0.3) is 5.91 Å². The molecule has 0 radical (unpaired) electrons. The average Bonchev–Trinajstić information content (AvgIpc) is 3.01. The number of carbonyl (C=O) groups is 1. The van der Waals surface area contributed by atoms with E-state index in [4.69, 9.17) is 0 Å². The Balaban J connectivity index is 2.29. The first kappa shape index (κ1) is 21.1. The number of fused-ring (bicyclic) bond motifs is 1. The van der Waals surface area contributed by atoms with Gasteiger partial charge in [-0.25, -0.2) is 22.8 Å². The fourth-order valence-electron chi connectivity index (χ4n) is 2.49. The molecule has 0 aromatic carbocycles. The van der Waals surface area contributed by atoms with E-state index in [1.54, 1.807) is 10.9 Å². The molecule has 2 rings (SSSR count). The third-order valence-electron chi connectivity index (χ3n) is 4.36. The summed E-state index contributed by atoms with van der Waals surface area (Å²) >= 11 is 0. The van der Waals surface area contributed by atoms with Crippen molar-refractivity contribution in [3.05, 3.63) is 18.0 Å². The molecular weight excluding hydrogens is 368 g/mol. The lowest BCUT2D eigenvalue weighted by atomic mass is 10.0. The molecule has 2 heterocycles. The van der Waals surface area contributed by atoms with Crippen molar-refractivity contribution in [1.82, 2.24) is 24.8 Å². The van der Waals surface area contributed by atoms with Crippen LogP contribution in [0.5, 0.6) is 0 Å². The Kier molecular flexibility index (Phi) is 6.77. The Bertz CT molecular complexity index is 907. The highest BCUT2D eigenvalue weighted by atomic mass is 32.2. The molecule has 0 aliphatic carbocycles. The fraction of sp³-hybridized carbons (Fsp3) is 0.588. The summed E-state index contributed by atoms with van der Waals surface area (Å²) in [6.07, 6.45) is 4.32. The molecule has 150 valence electrons. The number of nitrogens with zero attached hydrogens (tertiary/aromatic N) is 3. The van der Waals surface area contributed by atoms with Crippen LogP contribution in [0.4, 0.5) is 5.69 Å². The van der Waals surface area contributed by atoms with Crippen molar-refractivity contribution in [3.8, 4) is 0 Å². The lowest BCUT2D eigenvalue weighted by Gasteiger charge is -2.21. The first-order valence-corrected chi connectivity index (χ1v) is 10.9. The lowest BCUT2D eigenvalue weighted by molar-refractivity contribution is 0.0955. The number of sulfonamides is 1. The summed E-state index contributed by atoms with van der Waals surface area (Å²) in [5.41, 5.74) is 1.81. The van der Waals surface area contributed by atoms with E-state index in [1.165, 1.54) is 6.20 Å². The van der Waals surface area contributed by atoms with Gasteiger partial charge in [0.05, 0.1) is 29.1 Å². The largest absolute Gasteiger partial charge is 0.381 e. The SMILES string of the molecule is CCn1ncc2c(N[C@@H](C)C(C)C)c(C(=O)NCCNS(C)(=O)=O)cnc21. The molecular formula is C17H28N6O3S. The third kappa shape index (κ3) is 5.39. The predicted octanol–water partition coefficient (Wildman–Crippen LogP) is 1.19. The van der Waals surface area contributed by atoms with Crippen LogP contribution in [0, 0.1) is 5.92 Å². The second kappa shape index (κ2) is 8.66. The van der Waals surface area contributed by atoms with Crippen LogP contribution in [0.2, 0.25) is 0 Å². The summed E-state index contributed by atoms with van der Waals surface area (Å²) < 4.78 is 26.3. The van der Waals surface area contributed by atoms with Crippen molar-refractivity contribution < 1.29 is 13.2 Å². The number of pyridine rings is 1. The average molecular weight is 397 g/mol. The lowest BCUT2D eigenvalue weighted by Crippen LogP contribution is -2.34. The molecule has 10 heteroatoms. The van der Waals surface area contributed by atoms with E-state index >= 15 is 0 Å². The molecule has 0 fully saturated rings. The van der Waals surface area contributed by atoms with Gasteiger partial charge in [-0.15, -0.1) is 0 Å². The van der Waals surface area contributed by atoms with Crippen LogP contribution in [-0.2, 0) is 16.6 Å². The zero-order valence-corrected chi connectivity index (χ0v) is 17.2. The molecule has 2 aromatic rings. The molecule has 0 spiro atoms. The van der Waals surface area contributed by atoms with E-state index in [0.29, 0.717) is 29.4 Å². The van der Waals surface area contributed by atoms with Gasteiger partial charge in [0, 0.05) is 31.9 Å². The van der Waals surface area contributed by atoms with E-state index in [-0.39, 0.29) is 25.0 Å². The van der Waals surface area contributed by atoms with Crippen LogP contribution < -0.4 is 15.4 Å². The highest BCUT2D eigenvalue weighted by molar-refractivity contribution is 7.88. The first-order chi connectivity index (χ1) is 12.6. The van der Waals surface area contributed by atoms with Gasteiger partial charge in [-0.2, -0.15) is 5.10 Å². The van der Waals surface area contributed by atoms with Crippen LogP contribution in [0.25, 0.3) is 11.0 Å². The number of carbonyl (C=O) groups excluding carboxylic acids is 1. The van der Waals surface area contributed by atoms with Crippen molar-refractivity contribution in [2.45, 2.75) is 40.3 Å². The summed E-state index contributed by atoms with van der Waals surface area (Å²) in [6.45, 7) is 9.21. The molecule has 0 aliphatic heterocycles. The number of amides is 1. The maximum absolute atomic E-state index is 12.7. The minimum Gasteiger partial charge on any atom is -0.381 e. The Morgan fingerprint density at radius 1 is 1.22 bits per heavy atom. The van der Waals surface area contributed by atoms with Gasteiger partial charge in [0.1, 0.15) is 0 Å². The maximum atomic E-state index is 12.7. The number of aryl methyl sites for hydroxylation is 1. The Labute approximate surface area is 160 Å². The molecule has 0 aliphatic rings. The molecule has 3 N–H and O–H groups in total. The summed E-state index contributed by atoms with van der Waals surface area (Å²) in [5, 5.41) is 11.3. The van der Waals surface area contributed by atoms with Gasteiger partial charge in [-0.1, -0.05) is 13.8 Å². The molecule has 0 unspecified atom stereocenters. The molecule has 0 saturated carbocycles. The monoisotopic (exact) mass is 396 g/mol. The van der Waals surface area contributed by atoms with Crippen molar-refractivity contribution in [1.29, 1.82) is 0 Å². The second-order valence-electron chi connectivity index (χ2n) is 6.84. The zero-order valence-electron chi connectivity index (χ0n) is 16.4. The normalized spacial score (nSPS) is 13.1. The summed E-state index contributed by atoms with van der Waals surface area (Å²) in [4.78, 5) is 17.1. The van der Waals surface area contributed by atoms with Crippen molar-refractivity contribution in [2.75, 3.05) is 24.7 Å². The zero-order chi connectivity index (χ0) is 20.2. The second-order valence-corrected chi connectivity index (χ2v) is 8.68. The van der Waals surface area contributed by atoms with E-state index in [9.17, 15) is 13.2 Å². The molecule has 0 bridgehead atoms. The summed E-state index contributed by atoms with van der Waals surface area (Å²) in [5.74, 6) is 0.0479. The van der Waals surface area contributed by atoms with Crippen molar-refractivity contribution >= 4 is 32.7 Å². The van der Waals surface area contributed by atoms with E-state index in [2.05, 4.69) is 46.2 Å². The molecule has 1 atom stereocenters. The van der Waals surface area contributed by atoms with Crippen molar-refractivity contribution in [2.24, 2.45) is 5.92 Å². The molecule has 1 amide bonds. The topological polar surface area (TPSA) is 118 Å². The van der Waals surface area contributed by atoms with E-state index in [0.717, 1.165) is 11.6 Å². The highest BCUT2D eigenvalue weighted by Crippen LogP contribution is 2.27. The number of anilines is 1. The predicted molar refractivity (Wildman–Crippen MR) is 106 cm³/mol. The fourth-order valence-corrected chi connectivity index (χ4v) is 2.96. The molecule has 9 nitrogen and oxygen atoms in total. The van der Waals surface area contributed by atoms with Crippen LogP contribution in [0.1, 0.15) is 38.1 Å². The van der Waals surface area contributed by atoms with Crippen LogP contribution in [0.3, 0.4) is 0 Å². The quantitative estimate of drug-likeness (QED) is 0.548. The van der Waals surface area contributed by atoms with Gasteiger partial charge < -0.3 is 10.6 Å². The van der Waals surface area contributed by atoms with Gasteiger partial charge in [0.2, 0.25) is 10.0 Å². The van der Waals surface area contributed by atoms with Gasteiger partial charge >= 0.3 is 0 Å². The number of hydrogen-bond acceptors (Lipinski definition) is 6. The smallest absolute Gasteiger partial charge is 0.255 e. The van der Waals surface area contributed by atoms with E-state index < -0.39 is 10.0 Å². The Hall–Kier alpha value is -2.20. The van der Waals surface area contributed by atoms with E-state index in [1.807, 2.05) is 6.92 Å². The highest BCUT2D eigenvalue weighted by Gasteiger charge is 2.20. The Morgan fingerprint density at radius 3 is 2.52 bits per heavy atom. The van der Waals surface area contributed by atoms with Crippen LogP contribution in [-0.4, -0.2) is 54.5 Å². The Morgan fingerprint density at radius 2 is 1.93 bits per heavy atom. The standard InChI is InChI=1S/C17H28N6O3S/c1-6-23-16-13(10-20-23)15(22-12(4)11(2)3)14(9-19-16)17(24)18-7-8-21-27(5,25)26/h9-12,21H,6-8H2,1-5H3,(H,18,24)(H,19,22)/t12-/m0/s1. The minimum atomic E-state index is -3.29. The third-order valence-corrected chi connectivity index (χ3v) is 5.09. The first-order valence-electron chi connectivity index (χ1n) is 8.98. The van der Waals surface area contributed by atoms with Crippen LogP contribution in [0.15, 0.2) is 12.4 Å². The number of nitrogens with one attached hydrogen (secondary N) is 3. The molecule has 0 saturated heterocycles. The van der Waals surface area contributed by atoms with Crippen molar-refractivity contribution in [3.63, 3.8) is 0 Å². The maximum Gasteiger partial charge on any atom is 0.255 e. The molecule has 2 aromatic heterocycles.